The predicted molar refractivity (Wildman–Crippen MR) is 141 cm³/mol. The van der Waals surface area contributed by atoms with Crippen molar-refractivity contribution in [2.75, 3.05) is 27.4 Å². The van der Waals surface area contributed by atoms with E-state index in [1.54, 1.807) is 7.11 Å². The monoisotopic (exact) mass is 741 g/mol. The molecule has 1 aliphatic heterocycles. The van der Waals surface area contributed by atoms with Gasteiger partial charge in [-0.15, -0.1) is 0 Å². The van der Waals surface area contributed by atoms with E-state index in [0.717, 1.165) is 23.6 Å². The van der Waals surface area contributed by atoms with Crippen molar-refractivity contribution in [3.8, 4) is 0 Å². The van der Waals surface area contributed by atoms with Crippen LogP contribution in [0.1, 0.15) is 50.9 Å². The van der Waals surface area contributed by atoms with Crippen molar-refractivity contribution in [2.24, 2.45) is 0 Å². The number of halogens is 3. The summed E-state index contributed by atoms with van der Waals surface area (Å²) in [4.78, 5) is 15.0. The highest BCUT2D eigenvalue weighted by atomic mass is 127. The molecule has 0 saturated carbocycles. The van der Waals surface area contributed by atoms with Gasteiger partial charge < -0.3 is 14.2 Å². The van der Waals surface area contributed by atoms with Crippen LogP contribution in [0.15, 0.2) is 12.1 Å². The molecule has 1 fully saturated rings. The first-order valence-corrected chi connectivity index (χ1v) is 12.8. The van der Waals surface area contributed by atoms with Crippen LogP contribution in [-0.4, -0.2) is 61.5 Å². The molecule has 0 radical (unpaired) electrons. The first-order chi connectivity index (χ1) is 13.4. The zero-order valence-electron chi connectivity index (χ0n) is 17.9. The third-order valence-corrected chi connectivity index (χ3v) is 9.40. The molecular weight excluding hydrogens is 711 g/mol. The molecule has 1 atom stereocenters. The Kier molecular flexibility index (Phi) is 9.50. The average molecular weight is 741 g/mol. The molecule has 1 aromatic carbocycles. The van der Waals surface area contributed by atoms with Gasteiger partial charge >= 0.3 is 5.97 Å². The zero-order chi connectivity index (χ0) is 22.0. The van der Waals surface area contributed by atoms with Gasteiger partial charge in [0.2, 0.25) is 0 Å². The number of ether oxygens (including phenoxy) is 3. The first kappa shape index (κ1) is 26.0. The highest BCUT2D eigenvalue weighted by Gasteiger charge is 2.43. The van der Waals surface area contributed by atoms with Gasteiger partial charge in [0.25, 0.3) is 0 Å². The Hall–Kier alpha value is 0.760. The molecule has 29 heavy (non-hydrogen) atoms. The van der Waals surface area contributed by atoms with Gasteiger partial charge in [0.15, 0.2) is 0 Å². The van der Waals surface area contributed by atoms with Crippen LogP contribution in [0.2, 0.25) is 0 Å². The highest BCUT2D eigenvalue weighted by molar-refractivity contribution is 14.1. The molecule has 1 aromatic rings. The maximum Gasteiger partial charge on any atom is 0.339 e. The molecule has 5 nitrogen and oxygen atoms in total. The summed E-state index contributed by atoms with van der Waals surface area (Å²) in [6, 6.07) is 3.89. The first-order valence-electron chi connectivity index (χ1n) is 9.57. The Morgan fingerprint density at radius 3 is 2.28 bits per heavy atom. The van der Waals surface area contributed by atoms with Crippen molar-refractivity contribution in [1.82, 2.24) is 4.90 Å². The fourth-order valence-corrected chi connectivity index (χ4v) is 6.15. The third-order valence-electron chi connectivity index (χ3n) is 5.73. The number of rotatable bonds is 7. The van der Waals surface area contributed by atoms with Crippen molar-refractivity contribution in [2.45, 2.75) is 63.8 Å². The van der Waals surface area contributed by atoms with E-state index in [2.05, 4.69) is 107 Å². The van der Waals surface area contributed by atoms with E-state index < -0.39 is 0 Å². The van der Waals surface area contributed by atoms with E-state index in [-0.39, 0.29) is 35.9 Å². The van der Waals surface area contributed by atoms with Crippen molar-refractivity contribution < 1.29 is 19.0 Å². The van der Waals surface area contributed by atoms with Crippen LogP contribution in [0.25, 0.3) is 0 Å². The van der Waals surface area contributed by atoms with Crippen LogP contribution in [0.4, 0.5) is 0 Å². The topological polar surface area (TPSA) is 48.0 Å². The summed E-state index contributed by atoms with van der Waals surface area (Å²) in [5.74, 6) is -0.325. The van der Waals surface area contributed by atoms with Gasteiger partial charge in [-0.2, -0.15) is 0 Å². The summed E-state index contributed by atoms with van der Waals surface area (Å²) in [6.07, 6.45) is 1.79. The van der Waals surface area contributed by atoms with E-state index >= 15 is 0 Å². The number of carbonyl (C=O) groups is 1. The number of esters is 1. The lowest BCUT2D eigenvalue weighted by molar-refractivity contribution is -0.115. The van der Waals surface area contributed by atoms with Crippen LogP contribution in [0, 0.1) is 10.7 Å². The van der Waals surface area contributed by atoms with E-state index in [0.29, 0.717) is 12.2 Å². The number of hydrogen-bond acceptors (Lipinski definition) is 5. The number of nitrogens with zero attached hydrogens (tertiary/aromatic N) is 1. The molecule has 1 unspecified atom stereocenters. The number of likely N-dealkylation sites (tertiary alicyclic amines) is 1. The quantitative estimate of drug-likeness (QED) is 0.215. The van der Waals surface area contributed by atoms with Crippen LogP contribution in [0.5, 0.6) is 0 Å². The SMILES string of the molecule is COC(COC(=O)c1cc(I)cc(I)c1I)COC1CC(C)(C)N(C)C(C)(C)C1. The molecule has 8 heteroatoms. The summed E-state index contributed by atoms with van der Waals surface area (Å²) in [5, 5.41) is 0. The minimum Gasteiger partial charge on any atom is -0.459 e. The second kappa shape index (κ2) is 10.6. The van der Waals surface area contributed by atoms with Gasteiger partial charge in [-0.05, 0) is 127 Å². The summed E-state index contributed by atoms with van der Waals surface area (Å²) in [5.41, 5.74) is 0.732. The molecule has 0 spiro atoms. The smallest absolute Gasteiger partial charge is 0.339 e. The highest BCUT2D eigenvalue weighted by Crippen LogP contribution is 2.38. The van der Waals surface area contributed by atoms with Crippen molar-refractivity contribution in [3.63, 3.8) is 0 Å². The van der Waals surface area contributed by atoms with Crippen molar-refractivity contribution in [1.29, 1.82) is 0 Å². The van der Waals surface area contributed by atoms with Gasteiger partial charge in [-0.3, -0.25) is 4.90 Å². The molecule has 0 bridgehead atoms. The van der Waals surface area contributed by atoms with Crippen LogP contribution in [-0.2, 0) is 14.2 Å². The number of methoxy groups -OCH3 is 1. The van der Waals surface area contributed by atoms with Crippen molar-refractivity contribution >= 4 is 73.7 Å². The minimum absolute atomic E-state index is 0.0692. The fourth-order valence-electron chi connectivity index (χ4n) is 3.78. The second-order valence-electron chi connectivity index (χ2n) is 8.75. The lowest BCUT2D eigenvalue weighted by atomic mass is 9.79. The molecule has 0 amide bonds. The fraction of sp³-hybridized carbons (Fsp3) is 0.667. The minimum atomic E-state index is -0.325. The maximum atomic E-state index is 12.6. The Morgan fingerprint density at radius 1 is 1.14 bits per heavy atom. The molecule has 1 saturated heterocycles. The van der Waals surface area contributed by atoms with E-state index in [9.17, 15) is 4.79 Å². The van der Waals surface area contributed by atoms with Crippen molar-refractivity contribution in [3.05, 3.63) is 28.4 Å². The van der Waals surface area contributed by atoms with Gasteiger partial charge in [-0.1, -0.05) is 0 Å². The van der Waals surface area contributed by atoms with E-state index in [4.69, 9.17) is 14.2 Å². The standard InChI is InChI=1S/C21H30I3NO4/c1-20(2)9-14(10-21(3,4)25(20)5)28-11-15(27-6)12-29-19(26)16-7-13(22)8-17(23)18(16)24/h7-8,14-15H,9-12H2,1-6H3. The molecule has 1 aliphatic rings. The second-order valence-corrected chi connectivity index (χ2v) is 12.2. The number of carbonyl (C=O) groups excluding carboxylic acids is 1. The Labute approximate surface area is 215 Å². The molecule has 0 aromatic heterocycles. The molecule has 1 heterocycles. The summed E-state index contributed by atoms with van der Waals surface area (Å²) < 4.78 is 20.2. The lowest BCUT2D eigenvalue weighted by Gasteiger charge is -2.53. The van der Waals surface area contributed by atoms with Crippen LogP contribution >= 0.6 is 67.8 Å². The van der Waals surface area contributed by atoms with Gasteiger partial charge in [0.05, 0.1) is 18.3 Å². The predicted octanol–water partition coefficient (Wildman–Crippen LogP) is 5.34. The molecule has 164 valence electrons. The average Bonchev–Trinajstić information content (AvgIpc) is 2.62. The number of piperidine rings is 1. The van der Waals surface area contributed by atoms with Gasteiger partial charge in [-0.25, -0.2) is 4.79 Å². The largest absolute Gasteiger partial charge is 0.459 e. The number of benzene rings is 1. The summed E-state index contributed by atoms with van der Waals surface area (Å²) in [6.45, 7) is 9.60. The summed E-state index contributed by atoms with van der Waals surface area (Å²) >= 11 is 6.63. The molecule has 0 N–H and O–H groups in total. The molecule has 0 aliphatic carbocycles. The van der Waals surface area contributed by atoms with E-state index in [1.807, 2.05) is 12.1 Å². The lowest BCUT2D eigenvalue weighted by Crippen LogP contribution is -2.60. The molecule has 2 rings (SSSR count). The third kappa shape index (κ3) is 6.87. The Balaban J connectivity index is 1.92. The zero-order valence-corrected chi connectivity index (χ0v) is 24.3. The Bertz CT molecular complexity index is 721. The number of hydrogen-bond donors (Lipinski definition) is 0. The normalized spacial score (nSPS) is 20.4. The summed E-state index contributed by atoms with van der Waals surface area (Å²) in [7, 11) is 3.81. The van der Waals surface area contributed by atoms with Crippen LogP contribution in [0.3, 0.4) is 0 Å². The maximum absolute atomic E-state index is 12.6. The van der Waals surface area contributed by atoms with E-state index in [1.165, 1.54) is 0 Å². The van der Waals surface area contributed by atoms with Gasteiger partial charge in [0, 0.05) is 28.9 Å². The van der Waals surface area contributed by atoms with Crippen LogP contribution < -0.4 is 0 Å². The molecular formula is C21H30I3NO4. The van der Waals surface area contributed by atoms with Gasteiger partial charge in [0.1, 0.15) is 12.7 Å². The Morgan fingerprint density at radius 2 is 1.72 bits per heavy atom.